The highest BCUT2D eigenvalue weighted by Crippen LogP contribution is 2.44. The molecule has 2 N–H and O–H groups in total. The molecule has 0 aromatic heterocycles. The van der Waals surface area contributed by atoms with E-state index in [9.17, 15) is 32.3 Å². The first kappa shape index (κ1) is 34.3. The molecular formula is C31H46F3N3O4. The fourth-order valence-corrected chi connectivity index (χ4v) is 5.68. The molecule has 0 radical (unpaired) electrons. The summed E-state index contributed by atoms with van der Waals surface area (Å²) in [5.74, 6) is -5.36. The van der Waals surface area contributed by atoms with Crippen LogP contribution in [-0.2, 0) is 14.4 Å². The van der Waals surface area contributed by atoms with E-state index in [2.05, 4.69) is 6.92 Å². The van der Waals surface area contributed by atoms with Crippen LogP contribution in [0.3, 0.4) is 0 Å². The Hall–Kier alpha value is -2.91. The standard InChI is InChI=1S/C31H46F3N3O4/c1-5-7-8-9-10-27(39)36(16-6-2)17-15-21(3)22(4)28(31(32,33)34)23-11-13-24(14-12-23)30(41)37-18-25(20-38)26(19-37)29(35)40/h11-14,20-22,25-26,28H,5-10,15-19H2,1-4H3,(H2,35,40)/t21?,22?,25-,26?,28?/m0/s1. The number of amides is 3. The van der Waals surface area contributed by atoms with Crippen LogP contribution >= 0.6 is 0 Å². The van der Waals surface area contributed by atoms with E-state index in [1.165, 1.54) is 29.2 Å². The number of alkyl halides is 3. The topological polar surface area (TPSA) is 101 Å². The van der Waals surface area contributed by atoms with E-state index in [1.54, 1.807) is 18.7 Å². The van der Waals surface area contributed by atoms with Gasteiger partial charge in [-0.3, -0.25) is 14.4 Å². The van der Waals surface area contributed by atoms with Crippen LogP contribution in [0.15, 0.2) is 24.3 Å². The van der Waals surface area contributed by atoms with Gasteiger partial charge in [-0.1, -0.05) is 59.1 Å². The molecule has 230 valence electrons. The number of hydrogen-bond donors (Lipinski definition) is 1. The van der Waals surface area contributed by atoms with Crippen molar-refractivity contribution in [3.8, 4) is 0 Å². The summed E-state index contributed by atoms with van der Waals surface area (Å²) >= 11 is 0. The van der Waals surface area contributed by atoms with Crippen LogP contribution < -0.4 is 5.73 Å². The largest absolute Gasteiger partial charge is 0.396 e. The van der Waals surface area contributed by atoms with Crippen LogP contribution in [0, 0.1) is 23.7 Å². The Balaban J connectivity index is 2.10. The second kappa shape index (κ2) is 15.9. The molecule has 0 spiro atoms. The molecule has 0 aliphatic carbocycles. The summed E-state index contributed by atoms with van der Waals surface area (Å²) in [7, 11) is 0. The average molecular weight is 582 g/mol. The van der Waals surface area contributed by atoms with Gasteiger partial charge >= 0.3 is 6.18 Å². The van der Waals surface area contributed by atoms with Gasteiger partial charge in [0.15, 0.2) is 0 Å². The predicted octanol–water partition coefficient (Wildman–Crippen LogP) is 5.58. The molecule has 1 fully saturated rings. The molecular weight excluding hydrogens is 535 g/mol. The van der Waals surface area contributed by atoms with E-state index < -0.39 is 41.7 Å². The van der Waals surface area contributed by atoms with Gasteiger partial charge in [-0.25, -0.2) is 0 Å². The van der Waals surface area contributed by atoms with Crippen molar-refractivity contribution in [2.75, 3.05) is 26.2 Å². The Bertz CT molecular complexity index is 1010. The van der Waals surface area contributed by atoms with Gasteiger partial charge in [0, 0.05) is 44.1 Å². The van der Waals surface area contributed by atoms with Crippen molar-refractivity contribution in [1.29, 1.82) is 0 Å². The number of likely N-dealkylation sites (tertiary alicyclic amines) is 1. The predicted molar refractivity (Wildman–Crippen MR) is 152 cm³/mol. The number of halogens is 3. The van der Waals surface area contributed by atoms with Crippen molar-refractivity contribution in [2.45, 2.75) is 84.7 Å². The van der Waals surface area contributed by atoms with Gasteiger partial charge < -0.3 is 20.3 Å². The van der Waals surface area contributed by atoms with E-state index in [4.69, 9.17) is 5.73 Å². The molecule has 1 heterocycles. The van der Waals surface area contributed by atoms with Crippen LogP contribution in [0.4, 0.5) is 13.2 Å². The van der Waals surface area contributed by atoms with Gasteiger partial charge in [0.1, 0.15) is 6.29 Å². The van der Waals surface area contributed by atoms with Gasteiger partial charge in [0.2, 0.25) is 11.8 Å². The number of carbonyl (C=O) groups is 4. The monoisotopic (exact) mass is 581 g/mol. The van der Waals surface area contributed by atoms with Crippen molar-refractivity contribution >= 4 is 24.0 Å². The summed E-state index contributed by atoms with van der Waals surface area (Å²) in [6.07, 6.45) is 1.81. The summed E-state index contributed by atoms with van der Waals surface area (Å²) in [5.41, 5.74) is 5.59. The number of rotatable bonds is 16. The first-order chi connectivity index (χ1) is 19.3. The summed E-state index contributed by atoms with van der Waals surface area (Å²) in [6.45, 7) is 8.53. The third kappa shape index (κ3) is 9.57. The van der Waals surface area contributed by atoms with Crippen molar-refractivity contribution in [3.63, 3.8) is 0 Å². The number of aldehydes is 1. The van der Waals surface area contributed by atoms with Crippen molar-refractivity contribution < 1.29 is 32.3 Å². The summed E-state index contributed by atoms with van der Waals surface area (Å²) in [6, 6.07) is 5.39. The van der Waals surface area contributed by atoms with Gasteiger partial charge in [0.05, 0.1) is 11.8 Å². The Morgan fingerprint density at radius 2 is 1.68 bits per heavy atom. The average Bonchev–Trinajstić information content (AvgIpc) is 3.37. The van der Waals surface area contributed by atoms with Gasteiger partial charge in [-0.2, -0.15) is 13.2 Å². The molecule has 10 heteroatoms. The van der Waals surface area contributed by atoms with Gasteiger partial charge in [0.25, 0.3) is 5.91 Å². The second-order valence-electron chi connectivity index (χ2n) is 11.5. The van der Waals surface area contributed by atoms with Crippen LogP contribution in [0.1, 0.15) is 94.5 Å². The zero-order chi connectivity index (χ0) is 30.7. The van der Waals surface area contributed by atoms with Crippen LogP contribution in [0.25, 0.3) is 0 Å². The zero-order valence-corrected chi connectivity index (χ0v) is 24.8. The first-order valence-corrected chi connectivity index (χ1v) is 14.8. The summed E-state index contributed by atoms with van der Waals surface area (Å²) in [4.78, 5) is 51.7. The van der Waals surface area contributed by atoms with Crippen molar-refractivity contribution in [3.05, 3.63) is 35.4 Å². The third-order valence-corrected chi connectivity index (χ3v) is 8.43. The Morgan fingerprint density at radius 1 is 1.02 bits per heavy atom. The lowest BCUT2D eigenvalue weighted by Gasteiger charge is -2.32. The highest BCUT2D eigenvalue weighted by atomic mass is 19.4. The third-order valence-electron chi connectivity index (χ3n) is 8.43. The van der Waals surface area contributed by atoms with Crippen LogP contribution in [0.5, 0.6) is 0 Å². The molecule has 1 aliphatic heterocycles. The highest BCUT2D eigenvalue weighted by Gasteiger charge is 2.45. The molecule has 7 nitrogen and oxygen atoms in total. The minimum absolute atomic E-state index is 0.00462. The summed E-state index contributed by atoms with van der Waals surface area (Å²) < 4.78 is 43.1. The van der Waals surface area contributed by atoms with E-state index in [0.717, 1.165) is 32.1 Å². The number of primary amides is 1. The van der Waals surface area contributed by atoms with Crippen molar-refractivity contribution in [2.24, 2.45) is 29.4 Å². The SMILES string of the molecule is CCCCCCC(=O)N(CCC)CCC(C)C(C)C(c1ccc(C(=O)N2CC(C(N)=O)[C@H](C=O)C2)cc1)C(F)(F)F. The minimum atomic E-state index is -4.50. The fraction of sp³-hybridized carbons (Fsp3) is 0.677. The van der Waals surface area contributed by atoms with Crippen LogP contribution in [0.2, 0.25) is 0 Å². The van der Waals surface area contributed by atoms with Crippen molar-refractivity contribution in [1.82, 2.24) is 9.80 Å². The first-order valence-electron chi connectivity index (χ1n) is 14.8. The van der Waals surface area contributed by atoms with E-state index >= 15 is 0 Å². The highest BCUT2D eigenvalue weighted by molar-refractivity contribution is 5.95. The number of carbonyl (C=O) groups excluding carboxylic acids is 4. The maximum Gasteiger partial charge on any atom is 0.396 e. The minimum Gasteiger partial charge on any atom is -0.369 e. The Kier molecular flexibility index (Phi) is 13.3. The molecule has 5 atom stereocenters. The number of nitrogens with zero attached hydrogens (tertiary/aromatic N) is 2. The Labute approximate surface area is 242 Å². The molecule has 41 heavy (non-hydrogen) atoms. The quantitative estimate of drug-likeness (QED) is 0.204. The van der Waals surface area contributed by atoms with E-state index in [1.807, 2.05) is 6.92 Å². The van der Waals surface area contributed by atoms with E-state index in [0.29, 0.717) is 32.2 Å². The lowest BCUT2D eigenvalue weighted by molar-refractivity contribution is -0.165. The van der Waals surface area contributed by atoms with Gasteiger partial charge in [-0.05, 0) is 48.8 Å². The zero-order valence-electron chi connectivity index (χ0n) is 24.8. The lowest BCUT2D eigenvalue weighted by atomic mass is 9.78. The maximum absolute atomic E-state index is 14.4. The molecule has 1 aromatic rings. The fourth-order valence-electron chi connectivity index (χ4n) is 5.68. The normalized spacial score (nSPS) is 19.4. The molecule has 1 saturated heterocycles. The number of unbranched alkanes of at least 4 members (excludes halogenated alkanes) is 3. The number of benzene rings is 1. The summed E-state index contributed by atoms with van der Waals surface area (Å²) in [5, 5.41) is 0. The number of hydrogen-bond acceptors (Lipinski definition) is 4. The van der Waals surface area contributed by atoms with E-state index in [-0.39, 0.29) is 36.0 Å². The van der Waals surface area contributed by atoms with Gasteiger partial charge in [-0.15, -0.1) is 0 Å². The number of nitrogens with two attached hydrogens (primary N) is 1. The lowest BCUT2D eigenvalue weighted by Crippen LogP contribution is -2.35. The molecule has 0 saturated carbocycles. The smallest absolute Gasteiger partial charge is 0.369 e. The maximum atomic E-state index is 14.4. The Morgan fingerprint density at radius 3 is 2.20 bits per heavy atom. The second-order valence-corrected chi connectivity index (χ2v) is 11.5. The molecule has 1 aromatic carbocycles. The molecule has 0 bridgehead atoms. The molecule has 2 rings (SSSR count). The molecule has 3 amide bonds. The molecule has 4 unspecified atom stereocenters. The molecule has 1 aliphatic rings. The van der Waals surface area contributed by atoms with Crippen LogP contribution in [-0.4, -0.2) is 66.2 Å².